The predicted molar refractivity (Wildman–Crippen MR) is 106 cm³/mol. The molecule has 0 spiro atoms. The van der Waals surface area contributed by atoms with Gasteiger partial charge in [-0.3, -0.25) is 14.5 Å². The number of fused-ring (bicyclic) bond motifs is 1. The molecule has 0 unspecified atom stereocenters. The highest BCUT2D eigenvalue weighted by Gasteiger charge is 2.27. The van der Waals surface area contributed by atoms with Crippen LogP contribution in [0.4, 0.5) is 0 Å². The number of amides is 2. The van der Waals surface area contributed by atoms with Crippen LogP contribution in [0.3, 0.4) is 0 Å². The second-order valence-electron chi connectivity index (χ2n) is 8.02. The summed E-state index contributed by atoms with van der Waals surface area (Å²) in [6.45, 7) is 7.09. The van der Waals surface area contributed by atoms with E-state index in [-0.39, 0.29) is 36.2 Å². The number of carbonyl (C=O) groups is 2. The standard InChI is InChI=1S/C21H31N3O4/c1-14(2)20(15-6-7-17-18(11-15)28-10-4-9-27-17)23-19(25)13-24-8-3-5-16(12-24)21(22)26/h6-7,11,14,16,20H,3-5,8-10,12-13H2,1-2H3,(H2,22,26)(H,23,25)/t16-,20-/m0/s1. The molecule has 28 heavy (non-hydrogen) atoms. The van der Waals surface area contributed by atoms with Crippen LogP contribution in [0.5, 0.6) is 11.5 Å². The number of primary amides is 1. The lowest BCUT2D eigenvalue weighted by Gasteiger charge is -2.31. The number of hydrogen-bond donors (Lipinski definition) is 2. The second kappa shape index (κ2) is 9.28. The third-order valence-electron chi connectivity index (χ3n) is 5.39. The van der Waals surface area contributed by atoms with Crippen LogP contribution in [0.15, 0.2) is 18.2 Å². The highest BCUT2D eigenvalue weighted by Crippen LogP contribution is 2.34. The lowest BCUT2D eigenvalue weighted by molar-refractivity contribution is -0.127. The topological polar surface area (TPSA) is 93.9 Å². The van der Waals surface area contributed by atoms with Crippen molar-refractivity contribution in [3.63, 3.8) is 0 Å². The van der Waals surface area contributed by atoms with E-state index in [1.54, 1.807) is 0 Å². The largest absolute Gasteiger partial charge is 0.490 e. The average molecular weight is 389 g/mol. The molecule has 1 aromatic rings. The minimum atomic E-state index is -0.280. The van der Waals surface area contributed by atoms with Gasteiger partial charge < -0.3 is 20.5 Å². The Morgan fingerprint density at radius 3 is 2.68 bits per heavy atom. The first-order valence-electron chi connectivity index (χ1n) is 10.1. The fraction of sp³-hybridized carbons (Fsp3) is 0.619. The molecule has 2 aliphatic rings. The van der Waals surface area contributed by atoms with E-state index in [0.29, 0.717) is 19.8 Å². The van der Waals surface area contributed by atoms with Crippen molar-refractivity contribution in [3.8, 4) is 11.5 Å². The predicted octanol–water partition coefficient (Wildman–Crippen LogP) is 1.86. The molecule has 0 bridgehead atoms. The molecular formula is C21H31N3O4. The van der Waals surface area contributed by atoms with E-state index in [9.17, 15) is 9.59 Å². The third-order valence-corrected chi connectivity index (χ3v) is 5.39. The first-order valence-corrected chi connectivity index (χ1v) is 10.1. The van der Waals surface area contributed by atoms with Gasteiger partial charge in [0.25, 0.3) is 0 Å². The molecule has 2 amide bonds. The lowest BCUT2D eigenvalue weighted by atomic mass is 9.95. The zero-order chi connectivity index (χ0) is 20.1. The number of rotatable bonds is 6. The molecule has 2 heterocycles. The maximum atomic E-state index is 12.7. The van der Waals surface area contributed by atoms with Crippen molar-refractivity contribution < 1.29 is 19.1 Å². The minimum absolute atomic E-state index is 0.0454. The van der Waals surface area contributed by atoms with Crippen molar-refractivity contribution in [1.29, 1.82) is 0 Å². The van der Waals surface area contributed by atoms with E-state index in [2.05, 4.69) is 19.2 Å². The molecule has 0 radical (unpaired) electrons. The number of nitrogens with one attached hydrogen (secondary N) is 1. The van der Waals surface area contributed by atoms with Crippen LogP contribution in [-0.4, -0.2) is 49.6 Å². The number of nitrogens with zero attached hydrogens (tertiary/aromatic N) is 1. The van der Waals surface area contributed by atoms with E-state index >= 15 is 0 Å². The Hall–Kier alpha value is -2.28. The van der Waals surface area contributed by atoms with Crippen LogP contribution < -0.4 is 20.5 Å². The molecule has 0 aromatic heterocycles. The van der Waals surface area contributed by atoms with Crippen molar-refractivity contribution in [3.05, 3.63) is 23.8 Å². The van der Waals surface area contributed by atoms with Crippen LogP contribution in [0.1, 0.15) is 44.7 Å². The number of benzene rings is 1. The number of hydrogen-bond acceptors (Lipinski definition) is 5. The van der Waals surface area contributed by atoms with Crippen LogP contribution in [0, 0.1) is 11.8 Å². The van der Waals surface area contributed by atoms with Gasteiger partial charge in [-0.25, -0.2) is 0 Å². The van der Waals surface area contributed by atoms with E-state index < -0.39 is 0 Å². The number of carbonyl (C=O) groups excluding carboxylic acids is 2. The molecule has 154 valence electrons. The summed E-state index contributed by atoms with van der Waals surface area (Å²) in [5, 5.41) is 3.15. The highest BCUT2D eigenvalue weighted by molar-refractivity contribution is 5.79. The molecule has 1 aromatic carbocycles. The van der Waals surface area contributed by atoms with Gasteiger partial charge in [0.1, 0.15) is 0 Å². The summed E-state index contributed by atoms with van der Waals surface area (Å²) in [5.74, 6) is 1.21. The summed E-state index contributed by atoms with van der Waals surface area (Å²) in [7, 11) is 0. The van der Waals surface area contributed by atoms with Gasteiger partial charge in [-0.05, 0) is 43.0 Å². The molecule has 3 N–H and O–H groups in total. The van der Waals surface area contributed by atoms with Gasteiger partial charge in [0, 0.05) is 13.0 Å². The summed E-state index contributed by atoms with van der Waals surface area (Å²) in [5.41, 5.74) is 6.44. The lowest BCUT2D eigenvalue weighted by Crippen LogP contribution is -2.46. The summed E-state index contributed by atoms with van der Waals surface area (Å²) >= 11 is 0. The smallest absolute Gasteiger partial charge is 0.234 e. The van der Waals surface area contributed by atoms with E-state index in [4.69, 9.17) is 15.2 Å². The Balaban J connectivity index is 1.65. The number of piperidine rings is 1. The average Bonchev–Trinajstić information content (AvgIpc) is 2.90. The van der Waals surface area contributed by atoms with Gasteiger partial charge >= 0.3 is 0 Å². The third kappa shape index (κ3) is 5.16. The first-order chi connectivity index (χ1) is 13.4. The summed E-state index contributed by atoms with van der Waals surface area (Å²) in [6, 6.07) is 5.75. The van der Waals surface area contributed by atoms with Crippen LogP contribution in [0.2, 0.25) is 0 Å². The molecule has 0 aliphatic carbocycles. The second-order valence-corrected chi connectivity index (χ2v) is 8.02. The van der Waals surface area contributed by atoms with Crippen molar-refractivity contribution >= 4 is 11.8 Å². The first kappa shape index (κ1) is 20.5. The van der Waals surface area contributed by atoms with Crippen LogP contribution in [0.25, 0.3) is 0 Å². The normalized spacial score (nSPS) is 21.0. The van der Waals surface area contributed by atoms with E-state index in [1.807, 2.05) is 23.1 Å². The molecule has 0 saturated carbocycles. The van der Waals surface area contributed by atoms with Gasteiger partial charge in [0.15, 0.2) is 11.5 Å². The minimum Gasteiger partial charge on any atom is -0.490 e. The molecule has 1 fully saturated rings. The maximum absolute atomic E-state index is 12.7. The highest BCUT2D eigenvalue weighted by atomic mass is 16.5. The van der Waals surface area contributed by atoms with Gasteiger partial charge in [-0.1, -0.05) is 19.9 Å². The fourth-order valence-corrected chi connectivity index (χ4v) is 3.86. The Morgan fingerprint density at radius 1 is 1.21 bits per heavy atom. The monoisotopic (exact) mass is 389 g/mol. The molecule has 2 atom stereocenters. The Kier molecular flexibility index (Phi) is 6.78. The summed E-state index contributed by atoms with van der Waals surface area (Å²) < 4.78 is 11.5. The number of likely N-dealkylation sites (tertiary alicyclic amines) is 1. The molecular weight excluding hydrogens is 358 g/mol. The van der Waals surface area contributed by atoms with Crippen molar-refractivity contribution in [2.24, 2.45) is 17.6 Å². The van der Waals surface area contributed by atoms with Crippen molar-refractivity contribution in [1.82, 2.24) is 10.2 Å². The van der Waals surface area contributed by atoms with Crippen molar-refractivity contribution in [2.75, 3.05) is 32.8 Å². The fourth-order valence-electron chi connectivity index (χ4n) is 3.86. The van der Waals surface area contributed by atoms with Gasteiger partial charge in [0.2, 0.25) is 11.8 Å². The summed E-state index contributed by atoms with van der Waals surface area (Å²) in [4.78, 5) is 26.2. The SMILES string of the molecule is CC(C)[C@H](NC(=O)CN1CCC[C@H](C(N)=O)C1)c1ccc2c(c1)OCCCO2. The van der Waals surface area contributed by atoms with Gasteiger partial charge in [0.05, 0.1) is 31.7 Å². The van der Waals surface area contributed by atoms with E-state index in [1.165, 1.54) is 0 Å². The Morgan fingerprint density at radius 2 is 1.96 bits per heavy atom. The van der Waals surface area contributed by atoms with E-state index in [0.717, 1.165) is 42.9 Å². The Labute approximate surface area is 166 Å². The van der Waals surface area contributed by atoms with Crippen molar-refractivity contribution in [2.45, 2.75) is 39.2 Å². The number of nitrogens with two attached hydrogens (primary N) is 1. The summed E-state index contributed by atoms with van der Waals surface area (Å²) in [6.07, 6.45) is 2.55. The number of ether oxygens (including phenoxy) is 2. The molecule has 1 saturated heterocycles. The van der Waals surface area contributed by atoms with Crippen LogP contribution >= 0.6 is 0 Å². The zero-order valence-corrected chi connectivity index (χ0v) is 16.8. The zero-order valence-electron chi connectivity index (χ0n) is 16.8. The van der Waals surface area contributed by atoms with Gasteiger partial charge in [-0.15, -0.1) is 0 Å². The molecule has 7 nitrogen and oxygen atoms in total. The molecule has 2 aliphatic heterocycles. The van der Waals surface area contributed by atoms with Crippen LogP contribution in [-0.2, 0) is 9.59 Å². The Bertz CT molecular complexity index is 707. The molecule has 7 heteroatoms. The quantitative estimate of drug-likeness (QED) is 0.775. The van der Waals surface area contributed by atoms with Gasteiger partial charge in [-0.2, -0.15) is 0 Å². The maximum Gasteiger partial charge on any atom is 0.234 e. The molecule has 3 rings (SSSR count).